The minimum Gasteiger partial charge on any atom is -0.353 e. The molecule has 0 bridgehead atoms. The standard InChI is InChI=1S/C16H15FN4O2S3/c17-10-6-4-9(5-7-10)15-21-14-11(2-1-3-12(14)24-15)20-16-19-8-13(25-16)26(18,22)23/h4-8,11H,1-3H2,(H,19,20)(H2,18,22,23). The van der Waals surface area contributed by atoms with Crippen LogP contribution in [-0.4, -0.2) is 18.4 Å². The number of fused-ring (bicyclic) bond motifs is 1. The quantitative estimate of drug-likeness (QED) is 0.685. The lowest BCUT2D eigenvalue weighted by Gasteiger charge is -2.21. The van der Waals surface area contributed by atoms with Gasteiger partial charge in [-0.2, -0.15) is 0 Å². The van der Waals surface area contributed by atoms with Gasteiger partial charge >= 0.3 is 0 Å². The third kappa shape index (κ3) is 3.50. The van der Waals surface area contributed by atoms with Crippen LogP contribution in [0.1, 0.15) is 29.5 Å². The molecule has 1 atom stereocenters. The summed E-state index contributed by atoms with van der Waals surface area (Å²) in [5.41, 5.74) is 1.84. The molecule has 3 aromatic rings. The second kappa shape index (κ2) is 6.69. The Bertz CT molecular complexity index is 1040. The third-order valence-corrected chi connectivity index (χ3v) is 7.62. The largest absolute Gasteiger partial charge is 0.353 e. The summed E-state index contributed by atoms with van der Waals surface area (Å²) in [5, 5.41) is 9.77. The molecule has 26 heavy (non-hydrogen) atoms. The first-order valence-corrected chi connectivity index (χ1v) is 11.1. The van der Waals surface area contributed by atoms with Gasteiger partial charge in [-0.05, 0) is 43.5 Å². The van der Waals surface area contributed by atoms with Gasteiger partial charge in [-0.15, -0.1) is 11.3 Å². The Morgan fingerprint density at radius 2 is 2.00 bits per heavy atom. The highest BCUT2D eigenvalue weighted by Crippen LogP contribution is 2.39. The zero-order valence-electron chi connectivity index (χ0n) is 13.5. The van der Waals surface area contributed by atoms with Crippen LogP contribution in [0, 0.1) is 5.82 Å². The number of rotatable bonds is 4. The van der Waals surface area contributed by atoms with Gasteiger partial charge in [0, 0.05) is 10.4 Å². The number of aryl methyl sites for hydroxylation is 1. The molecule has 0 saturated heterocycles. The van der Waals surface area contributed by atoms with Gasteiger partial charge in [-0.1, -0.05) is 11.3 Å². The second-order valence-electron chi connectivity index (χ2n) is 5.95. The molecule has 10 heteroatoms. The summed E-state index contributed by atoms with van der Waals surface area (Å²) in [6, 6.07) is 6.26. The van der Waals surface area contributed by atoms with E-state index in [9.17, 15) is 12.8 Å². The van der Waals surface area contributed by atoms with Gasteiger partial charge < -0.3 is 5.32 Å². The Kier molecular flexibility index (Phi) is 4.51. The van der Waals surface area contributed by atoms with Crippen molar-refractivity contribution in [2.45, 2.75) is 29.5 Å². The Morgan fingerprint density at radius 3 is 2.69 bits per heavy atom. The molecule has 0 radical (unpaired) electrons. The summed E-state index contributed by atoms with van der Waals surface area (Å²) in [5.74, 6) is -0.274. The number of thiazole rings is 2. The lowest BCUT2D eigenvalue weighted by molar-refractivity contribution is 0.594. The maximum absolute atomic E-state index is 13.1. The molecule has 0 saturated carbocycles. The number of nitrogens with two attached hydrogens (primary N) is 1. The molecule has 1 unspecified atom stereocenters. The van der Waals surface area contributed by atoms with E-state index in [-0.39, 0.29) is 16.1 Å². The van der Waals surface area contributed by atoms with E-state index in [1.165, 1.54) is 23.2 Å². The van der Waals surface area contributed by atoms with Crippen molar-refractivity contribution in [3.05, 3.63) is 46.9 Å². The summed E-state index contributed by atoms with van der Waals surface area (Å²) in [4.78, 5) is 10.0. The Balaban J connectivity index is 1.61. The zero-order valence-corrected chi connectivity index (χ0v) is 15.9. The summed E-state index contributed by atoms with van der Waals surface area (Å²) in [7, 11) is -3.75. The predicted octanol–water partition coefficient (Wildman–Crippen LogP) is 3.54. The average molecular weight is 411 g/mol. The highest BCUT2D eigenvalue weighted by Gasteiger charge is 2.26. The number of sulfonamides is 1. The van der Waals surface area contributed by atoms with Gasteiger partial charge in [0.25, 0.3) is 0 Å². The normalized spacial score (nSPS) is 17.1. The molecular formula is C16H15FN4O2S3. The SMILES string of the molecule is NS(=O)(=O)c1cnc(NC2CCCc3sc(-c4ccc(F)cc4)nc32)s1. The third-order valence-electron chi connectivity index (χ3n) is 4.11. The fourth-order valence-corrected chi connectivity index (χ4v) is 5.56. The van der Waals surface area contributed by atoms with Crippen molar-refractivity contribution in [1.82, 2.24) is 9.97 Å². The molecule has 1 aromatic carbocycles. The monoisotopic (exact) mass is 410 g/mol. The molecule has 6 nitrogen and oxygen atoms in total. The molecule has 0 amide bonds. The number of hydrogen-bond donors (Lipinski definition) is 2. The lowest BCUT2D eigenvalue weighted by atomic mass is 9.98. The van der Waals surface area contributed by atoms with E-state index in [1.54, 1.807) is 23.5 Å². The first-order chi connectivity index (χ1) is 12.4. The van der Waals surface area contributed by atoms with Crippen molar-refractivity contribution in [3.63, 3.8) is 0 Å². The Morgan fingerprint density at radius 1 is 1.23 bits per heavy atom. The smallest absolute Gasteiger partial charge is 0.249 e. The highest BCUT2D eigenvalue weighted by atomic mass is 32.2. The highest BCUT2D eigenvalue weighted by molar-refractivity contribution is 7.91. The van der Waals surface area contributed by atoms with Crippen LogP contribution in [-0.2, 0) is 16.4 Å². The van der Waals surface area contributed by atoms with Crippen molar-refractivity contribution in [3.8, 4) is 10.6 Å². The van der Waals surface area contributed by atoms with E-state index >= 15 is 0 Å². The van der Waals surface area contributed by atoms with Crippen LogP contribution in [0.2, 0.25) is 0 Å². The van der Waals surface area contributed by atoms with E-state index in [0.717, 1.165) is 46.9 Å². The Hall–Kier alpha value is -1.88. The zero-order chi connectivity index (χ0) is 18.3. The minimum atomic E-state index is -3.75. The molecular weight excluding hydrogens is 395 g/mol. The number of aromatic nitrogens is 2. The molecule has 2 heterocycles. The van der Waals surface area contributed by atoms with Crippen LogP contribution in [0.25, 0.3) is 10.6 Å². The second-order valence-corrected chi connectivity index (χ2v) is 9.86. The summed E-state index contributed by atoms with van der Waals surface area (Å²) >= 11 is 2.62. The number of hydrogen-bond acceptors (Lipinski definition) is 7. The minimum absolute atomic E-state index is 0.0290. The van der Waals surface area contributed by atoms with Crippen molar-refractivity contribution in [2.75, 3.05) is 5.32 Å². The van der Waals surface area contributed by atoms with Gasteiger partial charge in [0.15, 0.2) is 9.34 Å². The molecule has 2 aromatic heterocycles. The fourth-order valence-electron chi connectivity index (χ4n) is 2.88. The van der Waals surface area contributed by atoms with Gasteiger partial charge in [0.1, 0.15) is 10.8 Å². The van der Waals surface area contributed by atoms with Gasteiger partial charge in [0.2, 0.25) is 10.0 Å². The molecule has 1 aliphatic rings. The number of halogens is 1. The van der Waals surface area contributed by atoms with Crippen molar-refractivity contribution in [2.24, 2.45) is 5.14 Å². The van der Waals surface area contributed by atoms with Crippen molar-refractivity contribution in [1.29, 1.82) is 0 Å². The molecule has 3 N–H and O–H groups in total. The number of primary sulfonamides is 1. The first kappa shape index (κ1) is 17.5. The predicted molar refractivity (Wildman–Crippen MR) is 100 cm³/mol. The van der Waals surface area contributed by atoms with Crippen molar-refractivity contribution >= 4 is 37.8 Å². The molecule has 0 aliphatic heterocycles. The average Bonchev–Trinajstić information content (AvgIpc) is 3.22. The topological polar surface area (TPSA) is 98.0 Å². The van der Waals surface area contributed by atoms with Crippen molar-refractivity contribution < 1.29 is 12.8 Å². The summed E-state index contributed by atoms with van der Waals surface area (Å²) < 4.78 is 36.0. The molecule has 1 aliphatic carbocycles. The van der Waals surface area contributed by atoms with Gasteiger partial charge in [0.05, 0.1) is 17.9 Å². The van der Waals surface area contributed by atoms with Crippen LogP contribution in [0.5, 0.6) is 0 Å². The van der Waals surface area contributed by atoms with E-state index in [1.807, 2.05) is 0 Å². The number of benzene rings is 1. The summed E-state index contributed by atoms with van der Waals surface area (Å²) in [6.07, 6.45) is 4.09. The van der Waals surface area contributed by atoms with Gasteiger partial charge in [-0.25, -0.2) is 27.9 Å². The molecule has 4 rings (SSSR count). The van der Waals surface area contributed by atoms with E-state index < -0.39 is 10.0 Å². The number of nitrogens with zero attached hydrogens (tertiary/aromatic N) is 2. The summed E-state index contributed by atoms with van der Waals surface area (Å²) in [6.45, 7) is 0. The lowest BCUT2D eigenvalue weighted by Crippen LogP contribution is -2.16. The molecule has 136 valence electrons. The first-order valence-electron chi connectivity index (χ1n) is 7.91. The maximum Gasteiger partial charge on any atom is 0.249 e. The fraction of sp³-hybridized carbons (Fsp3) is 0.250. The van der Waals surface area contributed by atoms with Crippen LogP contribution in [0.3, 0.4) is 0 Å². The Labute approximate surface area is 158 Å². The van der Waals surface area contributed by atoms with Crippen LogP contribution >= 0.6 is 22.7 Å². The maximum atomic E-state index is 13.1. The van der Waals surface area contributed by atoms with E-state index in [2.05, 4.69) is 10.3 Å². The van der Waals surface area contributed by atoms with Crippen LogP contribution in [0.15, 0.2) is 34.7 Å². The number of anilines is 1. The number of nitrogens with one attached hydrogen (secondary N) is 1. The van der Waals surface area contributed by atoms with Crippen LogP contribution in [0.4, 0.5) is 9.52 Å². The van der Waals surface area contributed by atoms with E-state index in [0.29, 0.717) is 5.13 Å². The van der Waals surface area contributed by atoms with Gasteiger partial charge in [-0.3, -0.25) is 0 Å². The molecule has 0 spiro atoms. The molecule has 0 fully saturated rings. The van der Waals surface area contributed by atoms with Crippen LogP contribution < -0.4 is 10.5 Å². The van der Waals surface area contributed by atoms with E-state index in [4.69, 9.17) is 10.1 Å².